The summed E-state index contributed by atoms with van der Waals surface area (Å²) in [7, 11) is 0. The first-order valence-corrected chi connectivity index (χ1v) is 10.7. The molecule has 0 aromatic heterocycles. The predicted octanol–water partition coefficient (Wildman–Crippen LogP) is 2.89. The molecule has 0 aliphatic heterocycles. The van der Waals surface area contributed by atoms with E-state index in [-0.39, 0.29) is 36.4 Å². The molecule has 0 heterocycles. The molecule has 0 aliphatic carbocycles. The normalized spacial score (nSPS) is 13.8. The third-order valence-corrected chi connectivity index (χ3v) is 5.22. The molecule has 30 heavy (non-hydrogen) atoms. The summed E-state index contributed by atoms with van der Waals surface area (Å²) < 4.78 is 6.28. The van der Waals surface area contributed by atoms with Crippen molar-refractivity contribution < 1.29 is 33.5 Å². The maximum atomic E-state index is 13.1. The molecule has 6 heteroatoms. The smallest absolute Gasteiger partial charge is 0.867 e. The van der Waals surface area contributed by atoms with Crippen molar-refractivity contribution in [2.24, 2.45) is 5.41 Å². The molecule has 1 rings (SSSR count). The van der Waals surface area contributed by atoms with Crippen LogP contribution >= 0.6 is 15.9 Å². The summed E-state index contributed by atoms with van der Waals surface area (Å²) in [5.41, 5.74) is 1.93. The fourth-order valence-electron chi connectivity index (χ4n) is 2.70. The van der Waals surface area contributed by atoms with Gasteiger partial charge < -0.3 is 14.7 Å². The first-order valence-electron chi connectivity index (χ1n) is 9.87. The van der Waals surface area contributed by atoms with E-state index >= 15 is 0 Å². The van der Waals surface area contributed by atoms with Gasteiger partial charge in [-0.05, 0) is 63.5 Å². The second kappa shape index (κ2) is 11.9. The average molecular weight is 470 g/mol. The molecular formula is C24H33BrLiNO3. The topological polar surface area (TPSA) is 52.6 Å². The van der Waals surface area contributed by atoms with Crippen LogP contribution < -0.4 is 24.0 Å². The molecule has 0 saturated heterocycles. The number of ether oxygens (including phenoxy) is 1. The molecule has 0 aliphatic rings. The number of hydrogen-bond acceptors (Lipinski definition) is 3. The van der Waals surface area contributed by atoms with Gasteiger partial charge in [-0.25, -0.2) is 4.79 Å². The molecule has 0 N–H and O–H groups in total. The SMILES string of the molecule is CC(C)N(C(=O)O[C@](C)(C([O-])=C=CC(C)(C)C)/C(Br)=C/c1ccccc1)C(C)C.[Li+]. The standard InChI is InChI=1S/C24H34BrNO3.Li/c1-17(2)26(18(3)4)22(28)29-24(8,21(27)14-15-23(5,6)7)20(25)16-19-12-10-9-11-13-19;/h9-13,15-18,27H,1-8H3;/q;+1/p-1/b20-16-;/t14?,24-;/m0./s1. The zero-order valence-corrected chi connectivity index (χ0v) is 21.3. The Kier molecular flexibility index (Phi) is 11.3. The number of hydrogen-bond donors (Lipinski definition) is 0. The van der Waals surface area contributed by atoms with Crippen molar-refractivity contribution in [3.05, 3.63) is 57.9 Å². The molecule has 4 nitrogen and oxygen atoms in total. The van der Waals surface area contributed by atoms with Crippen LogP contribution in [0.5, 0.6) is 0 Å². The van der Waals surface area contributed by atoms with Crippen LogP contribution in [0.4, 0.5) is 4.79 Å². The molecule has 0 spiro atoms. The molecule has 0 unspecified atom stereocenters. The van der Waals surface area contributed by atoms with Crippen LogP contribution in [0.3, 0.4) is 0 Å². The summed E-state index contributed by atoms with van der Waals surface area (Å²) in [5, 5.41) is 13.1. The summed E-state index contributed by atoms with van der Waals surface area (Å²) in [6.07, 6.45) is 2.95. The van der Waals surface area contributed by atoms with Gasteiger partial charge in [0.15, 0.2) is 5.60 Å². The molecule has 0 saturated carbocycles. The third-order valence-electron chi connectivity index (χ3n) is 4.23. The van der Waals surface area contributed by atoms with Gasteiger partial charge in [-0.15, -0.1) is 5.73 Å². The number of amides is 1. The average Bonchev–Trinajstić information content (AvgIpc) is 2.58. The Morgan fingerprint density at radius 2 is 1.60 bits per heavy atom. The zero-order valence-electron chi connectivity index (χ0n) is 19.7. The van der Waals surface area contributed by atoms with E-state index in [1.165, 1.54) is 0 Å². The molecular weight excluding hydrogens is 437 g/mol. The number of carbonyl (C=O) groups is 1. The molecule has 1 amide bonds. The fourth-order valence-corrected chi connectivity index (χ4v) is 3.23. The Morgan fingerprint density at radius 1 is 1.10 bits per heavy atom. The second-order valence-electron chi connectivity index (χ2n) is 8.88. The van der Waals surface area contributed by atoms with Gasteiger partial charge >= 0.3 is 25.0 Å². The van der Waals surface area contributed by atoms with Gasteiger partial charge in [0.1, 0.15) is 0 Å². The Hall–Kier alpha value is -1.37. The minimum absolute atomic E-state index is 0. The number of halogens is 1. The number of rotatable bonds is 6. The molecule has 160 valence electrons. The van der Waals surface area contributed by atoms with Gasteiger partial charge in [-0.3, -0.25) is 0 Å². The summed E-state index contributed by atoms with van der Waals surface area (Å²) in [5.74, 6) is -0.424. The summed E-state index contributed by atoms with van der Waals surface area (Å²) in [4.78, 5) is 14.6. The van der Waals surface area contributed by atoms with Crippen molar-refractivity contribution in [2.45, 2.75) is 73.1 Å². The fraction of sp³-hybridized carbons (Fsp3) is 0.500. The van der Waals surface area contributed by atoms with Gasteiger partial charge in [0.05, 0.1) is 0 Å². The summed E-state index contributed by atoms with van der Waals surface area (Å²) in [6.45, 7) is 15.2. The third kappa shape index (κ3) is 8.40. The van der Waals surface area contributed by atoms with Crippen LogP contribution in [0.1, 0.15) is 61.0 Å². The maximum absolute atomic E-state index is 13.1. The Labute approximate surface area is 202 Å². The van der Waals surface area contributed by atoms with Gasteiger partial charge in [-0.2, -0.15) is 0 Å². The summed E-state index contributed by atoms with van der Waals surface area (Å²) in [6, 6.07) is 9.43. The molecule has 1 aromatic rings. The van der Waals surface area contributed by atoms with E-state index < -0.39 is 17.5 Å². The van der Waals surface area contributed by atoms with Gasteiger partial charge in [0.25, 0.3) is 0 Å². The first-order chi connectivity index (χ1) is 13.3. The predicted molar refractivity (Wildman–Crippen MR) is 121 cm³/mol. The van der Waals surface area contributed by atoms with Crippen LogP contribution in [-0.2, 0) is 4.74 Å². The largest absolute Gasteiger partial charge is 1.00 e. The van der Waals surface area contributed by atoms with Crippen molar-refractivity contribution in [3.63, 3.8) is 0 Å². The molecule has 0 radical (unpaired) electrons. The Bertz CT molecular complexity index is 782. The van der Waals surface area contributed by atoms with E-state index in [9.17, 15) is 9.90 Å². The first kappa shape index (κ1) is 28.6. The van der Waals surface area contributed by atoms with E-state index in [0.29, 0.717) is 4.48 Å². The van der Waals surface area contributed by atoms with E-state index in [1.807, 2.05) is 78.8 Å². The van der Waals surface area contributed by atoms with E-state index in [0.717, 1.165) is 5.56 Å². The van der Waals surface area contributed by atoms with Crippen molar-refractivity contribution in [3.8, 4) is 0 Å². The van der Waals surface area contributed by atoms with Crippen LogP contribution in [0.25, 0.3) is 6.08 Å². The monoisotopic (exact) mass is 469 g/mol. The van der Waals surface area contributed by atoms with Crippen molar-refractivity contribution in [2.75, 3.05) is 0 Å². The molecule has 0 fully saturated rings. The van der Waals surface area contributed by atoms with E-state index in [4.69, 9.17) is 4.74 Å². The number of carbonyl (C=O) groups excluding carboxylic acids is 1. The summed E-state index contributed by atoms with van der Waals surface area (Å²) >= 11 is 3.50. The van der Waals surface area contributed by atoms with Crippen molar-refractivity contribution >= 4 is 28.1 Å². The maximum Gasteiger partial charge on any atom is 1.00 e. The van der Waals surface area contributed by atoms with Gasteiger partial charge in [0.2, 0.25) is 0 Å². The molecule has 1 aromatic carbocycles. The van der Waals surface area contributed by atoms with E-state index in [1.54, 1.807) is 24.0 Å². The zero-order chi connectivity index (χ0) is 22.4. The van der Waals surface area contributed by atoms with Crippen LogP contribution in [0.15, 0.2) is 52.4 Å². The molecule has 0 bridgehead atoms. The van der Waals surface area contributed by atoms with Crippen molar-refractivity contribution in [1.29, 1.82) is 0 Å². The number of nitrogens with zero attached hydrogens (tertiary/aromatic N) is 1. The van der Waals surface area contributed by atoms with E-state index in [2.05, 4.69) is 21.7 Å². The van der Waals surface area contributed by atoms with Gasteiger partial charge in [0, 0.05) is 16.6 Å². The Morgan fingerprint density at radius 3 is 2.03 bits per heavy atom. The van der Waals surface area contributed by atoms with Crippen LogP contribution in [-0.4, -0.2) is 28.7 Å². The van der Waals surface area contributed by atoms with Crippen molar-refractivity contribution in [1.82, 2.24) is 4.90 Å². The number of benzene rings is 1. The minimum atomic E-state index is -1.53. The quantitative estimate of drug-likeness (QED) is 0.365. The van der Waals surface area contributed by atoms with Gasteiger partial charge in [-0.1, -0.05) is 67.0 Å². The minimum Gasteiger partial charge on any atom is -0.867 e. The van der Waals surface area contributed by atoms with Crippen LogP contribution in [0.2, 0.25) is 0 Å². The Balaban J connectivity index is 0.00000841. The van der Waals surface area contributed by atoms with Crippen LogP contribution in [0, 0.1) is 5.41 Å². The second-order valence-corrected chi connectivity index (χ2v) is 9.74. The molecule has 1 atom stereocenters.